The number of hydrogen-bond acceptors (Lipinski definition) is 1. The van der Waals surface area contributed by atoms with Crippen molar-refractivity contribution in [2.24, 2.45) is 0 Å². The van der Waals surface area contributed by atoms with Gasteiger partial charge < -0.3 is 5.11 Å². The van der Waals surface area contributed by atoms with E-state index in [1.807, 2.05) is 12.1 Å². The third-order valence-corrected chi connectivity index (χ3v) is 3.05. The lowest BCUT2D eigenvalue weighted by Gasteiger charge is -2.00. The minimum Gasteiger partial charge on any atom is -0.507 e. The molecule has 1 nitrogen and oxygen atoms in total. The predicted octanol–water partition coefficient (Wildman–Crippen LogP) is 2.89. The molecule has 0 unspecified atom stereocenters. The van der Waals surface area contributed by atoms with Crippen LogP contribution in [0.5, 0.6) is 5.75 Å². The van der Waals surface area contributed by atoms with E-state index in [4.69, 9.17) is 0 Å². The molecule has 0 bridgehead atoms. The van der Waals surface area contributed by atoms with Crippen LogP contribution in [0.15, 0.2) is 18.2 Å². The molecule has 0 aliphatic rings. The first-order chi connectivity index (χ1) is 4.75. The molecule has 0 heterocycles. The van der Waals surface area contributed by atoms with Crippen LogP contribution in [0.2, 0.25) is 0 Å². The second kappa shape index (κ2) is 3.57. The molecule has 1 N–H and O–H groups in total. The number of hydrogen-bond donors (Lipinski definition) is 1. The highest BCUT2D eigenvalue weighted by molar-refractivity contribution is 14.1. The van der Waals surface area contributed by atoms with Gasteiger partial charge in [0.05, 0.1) is 3.57 Å². The smallest absolute Gasteiger partial charge is 0.129 e. The van der Waals surface area contributed by atoms with Crippen molar-refractivity contribution < 1.29 is 5.11 Å². The summed E-state index contributed by atoms with van der Waals surface area (Å²) in [6.45, 7) is 0. The fourth-order valence-corrected chi connectivity index (χ4v) is 2.21. The maximum absolute atomic E-state index is 9.20. The molecule has 1 aromatic carbocycles. The van der Waals surface area contributed by atoms with E-state index in [-0.39, 0.29) is 0 Å². The first-order valence-electron chi connectivity index (χ1n) is 2.78. The molecule has 0 saturated heterocycles. The first-order valence-corrected chi connectivity index (χ1v) is 4.98. The van der Waals surface area contributed by atoms with Crippen LogP contribution in [0.4, 0.5) is 0 Å². The molecule has 3 heteroatoms. The molecule has 0 aromatic heterocycles. The average Bonchev–Trinajstić information content (AvgIpc) is 1.95. The van der Waals surface area contributed by atoms with Crippen molar-refractivity contribution in [3.05, 3.63) is 27.3 Å². The Hall–Kier alpha value is 0.230. The lowest BCUT2D eigenvalue weighted by molar-refractivity contribution is 0.471. The van der Waals surface area contributed by atoms with Crippen molar-refractivity contribution >= 4 is 38.5 Å². The summed E-state index contributed by atoms with van der Waals surface area (Å²) in [5.74, 6) is 0.359. The van der Waals surface area contributed by atoms with Crippen molar-refractivity contribution in [3.63, 3.8) is 0 Å². The van der Waals surface area contributed by atoms with E-state index in [9.17, 15) is 5.11 Å². The van der Waals surface area contributed by atoms with Gasteiger partial charge in [0.15, 0.2) is 0 Å². The minimum atomic E-state index is 0.359. The Morgan fingerprint density at radius 3 is 2.70 bits per heavy atom. The predicted molar refractivity (Wildman–Crippen MR) is 53.5 cm³/mol. The molecular weight excluding hydrogens is 307 g/mol. The summed E-state index contributed by atoms with van der Waals surface area (Å²) in [6, 6.07) is 5.51. The highest BCUT2D eigenvalue weighted by Gasteiger charge is 2.00. The maximum atomic E-state index is 9.20. The van der Waals surface area contributed by atoms with E-state index in [2.05, 4.69) is 38.5 Å². The molecule has 0 aliphatic carbocycles. The van der Waals surface area contributed by atoms with Crippen LogP contribution in [0, 0.1) is 3.57 Å². The van der Waals surface area contributed by atoms with Crippen LogP contribution in [-0.4, -0.2) is 5.11 Å². The summed E-state index contributed by atoms with van der Waals surface area (Å²) in [4.78, 5) is 0. The molecular formula is C7H6BrIO. The van der Waals surface area contributed by atoms with Crippen LogP contribution in [0.25, 0.3) is 0 Å². The van der Waals surface area contributed by atoms with E-state index >= 15 is 0 Å². The monoisotopic (exact) mass is 312 g/mol. The zero-order valence-corrected chi connectivity index (χ0v) is 8.89. The summed E-state index contributed by atoms with van der Waals surface area (Å²) in [6.07, 6.45) is 0. The third kappa shape index (κ3) is 1.63. The maximum Gasteiger partial charge on any atom is 0.129 e. The number of aromatic hydroxyl groups is 1. The van der Waals surface area contributed by atoms with Crippen molar-refractivity contribution in [2.75, 3.05) is 0 Å². The van der Waals surface area contributed by atoms with Gasteiger partial charge in [-0.3, -0.25) is 0 Å². The van der Waals surface area contributed by atoms with Crippen LogP contribution in [0.1, 0.15) is 5.56 Å². The largest absolute Gasteiger partial charge is 0.507 e. The third-order valence-electron chi connectivity index (χ3n) is 1.20. The fraction of sp³-hybridized carbons (Fsp3) is 0.143. The summed E-state index contributed by atoms with van der Waals surface area (Å²) >= 11 is 5.45. The lowest BCUT2D eigenvalue weighted by atomic mass is 10.2. The second-order valence-corrected chi connectivity index (χ2v) is 3.52. The Bertz CT molecular complexity index is 237. The highest BCUT2D eigenvalue weighted by atomic mass is 127. The van der Waals surface area contributed by atoms with Crippen molar-refractivity contribution in [3.8, 4) is 5.75 Å². The molecule has 54 valence electrons. The molecule has 0 atom stereocenters. The van der Waals surface area contributed by atoms with Gasteiger partial charge in [-0.2, -0.15) is 0 Å². The molecule has 0 fully saturated rings. The van der Waals surface area contributed by atoms with Gasteiger partial charge in [0.25, 0.3) is 0 Å². The molecule has 0 saturated carbocycles. The number of halogens is 2. The number of benzene rings is 1. The number of phenolic OH excluding ortho intramolecular Hbond substituents is 1. The van der Waals surface area contributed by atoms with Crippen LogP contribution < -0.4 is 0 Å². The zero-order valence-electron chi connectivity index (χ0n) is 5.14. The minimum absolute atomic E-state index is 0.359. The van der Waals surface area contributed by atoms with Crippen LogP contribution >= 0.6 is 38.5 Å². The van der Waals surface area contributed by atoms with Crippen molar-refractivity contribution in [2.45, 2.75) is 5.33 Å². The van der Waals surface area contributed by atoms with Crippen LogP contribution in [-0.2, 0) is 5.33 Å². The topological polar surface area (TPSA) is 20.2 Å². The average molecular weight is 313 g/mol. The quantitative estimate of drug-likeness (QED) is 0.624. The van der Waals surface area contributed by atoms with E-state index in [1.165, 1.54) is 0 Å². The standard InChI is InChI=1S/C7H6BrIO/c8-4-5-2-1-3-6(10)7(5)9/h1-3,10H,4H2. The van der Waals surface area contributed by atoms with Crippen molar-refractivity contribution in [1.82, 2.24) is 0 Å². The Labute approximate surface area is 81.7 Å². The van der Waals surface area contributed by atoms with E-state index in [0.29, 0.717) is 5.75 Å². The van der Waals surface area contributed by atoms with E-state index in [1.54, 1.807) is 6.07 Å². The zero-order chi connectivity index (χ0) is 7.56. The molecule has 0 amide bonds. The summed E-state index contributed by atoms with van der Waals surface area (Å²) in [5.41, 5.74) is 1.13. The van der Waals surface area contributed by atoms with Crippen LogP contribution in [0.3, 0.4) is 0 Å². The number of rotatable bonds is 1. The molecule has 1 aromatic rings. The van der Waals surface area contributed by atoms with E-state index < -0.39 is 0 Å². The Kier molecular flexibility index (Phi) is 2.97. The summed E-state index contributed by atoms with van der Waals surface area (Å²) in [7, 11) is 0. The summed E-state index contributed by atoms with van der Waals surface area (Å²) in [5, 5.41) is 9.99. The molecule has 10 heavy (non-hydrogen) atoms. The van der Waals surface area contributed by atoms with Gasteiger partial charge in [-0.25, -0.2) is 0 Å². The Morgan fingerprint density at radius 1 is 1.50 bits per heavy atom. The van der Waals surface area contributed by atoms with Gasteiger partial charge >= 0.3 is 0 Å². The highest BCUT2D eigenvalue weighted by Crippen LogP contribution is 2.24. The fourth-order valence-electron chi connectivity index (χ4n) is 0.669. The Balaban J connectivity index is 3.14. The van der Waals surface area contributed by atoms with Gasteiger partial charge in [-0.05, 0) is 34.2 Å². The summed E-state index contributed by atoms with van der Waals surface area (Å²) < 4.78 is 0.928. The Morgan fingerprint density at radius 2 is 2.20 bits per heavy atom. The normalized spacial score (nSPS) is 9.80. The number of alkyl halides is 1. The first kappa shape index (κ1) is 8.33. The SMILES string of the molecule is Oc1cccc(CBr)c1I. The van der Waals surface area contributed by atoms with Gasteiger partial charge in [-0.1, -0.05) is 28.1 Å². The lowest BCUT2D eigenvalue weighted by Crippen LogP contribution is -1.82. The number of phenols is 1. The molecule has 1 rings (SSSR count). The van der Waals surface area contributed by atoms with Gasteiger partial charge in [0.2, 0.25) is 0 Å². The van der Waals surface area contributed by atoms with Crippen molar-refractivity contribution in [1.29, 1.82) is 0 Å². The van der Waals surface area contributed by atoms with Gasteiger partial charge in [0, 0.05) is 5.33 Å². The van der Waals surface area contributed by atoms with Gasteiger partial charge in [-0.15, -0.1) is 0 Å². The molecule has 0 spiro atoms. The molecule has 0 aliphatic heterocycles. The van der Waals surface area contributed by atoms with Gasteiger partial charge in [0.1, 0.15) is 5.75 Å². The molecule has 0 radical (unpaired) electrons. The van der Waals surface area contributed by atoms with E-state index in [0.717, 1.165) is 14.5 Å². The second-order valence-electron chi connectivity index (χ2n) is 1.88.